The molecule has 41 heavy (non-hydrogen) atoms. The molecule has 0 aromatic heterocycles. The molecule has 3 rings (SSSR count). The van der Waals surface area contributed by atoms with Gasteiger partial charge in [0.15, 0.2) is 0 Å². The highest BCUT2D eigenvalue weighted by Crippen LogP contribution is 2.31. The van der Waals surface area contributed by atoms with Crippen molar-refractivity contribution in [3.8, 4) is 0 Å². The van der Waals surface area contributed by atoms with Crippen molar-refractivity contribution >= 4 is 50.7 Å². The van der Waals surface area contributed by atoms with Crippen LogP contribution in [0.5, 0.6) is 0 Å². The SMILES string of the molecule is CCC(C(=O)NC(C)(C)C)N(Cc1ccccc1C)C(=O)CN(c1ccc(Cl)c(Cl)c1)S(=O)(=O)c1ccc(C)cc1. The molecule has 0 heterocycles. The molecule has 3 aromatic rings. The molecule has 0 aliphatic carbocycles. The fraction of sp³-hybridized carbons (Fsp3) is 0.355. The van der Waals surface area contributed by atoms with Gasteiger partial charge in [0.25, 0.3) is 10.0 Å². The minimum absolute atomic E-state index is 0.0185. The maximum atomic E-state index is 14.2. The van der Waals surface area contributed by atoms with Crippen LogP contribution in [0.15, 0.2) is 71.6 Å². The molecule has 0 saturated carbocycles. The van der Waals surface area contributed by atoms with Crippen LogP contribution < -0.4 is 9.62 Å². The summed E-state index contributed by atoms with van der Waals surface area (Å²) >= 11 is 12.4. The van der Waals surface area contributed by atoms with Crippen LogP contribution >= 0.6 is 23.2 Å². The van der Waals surface area contributed by atoms with Gasteiger partial charge in [0.05, 0.1) is 20.6 Å². The lowest BCUT2D eigenvalue weighted by atomic mass is 10.0. The van der Waals surface area contributed by atoms with Crippen molar-refractivity contribution in [1.82, 2.24) is 10.2 Å². The quantitative estimate of drug-likeness (QED) is 0.280. The van der Waals surface area contributed by atoms with Gasteiger partial charge in [0.1, 0.15) is 12.6 Å². The van der Waals surface area contributed by atoms with Crippen molar-refractivity contribution in [2.24, 2.45) is 0 Å². The Morgan fingerprint density at radius 1 is 0.927 bits per heavy atom. The van der Waals surface area contributed by atoms with Crippen molar-refractivity contribution < 1.29 is 18.0 Å². The van der Waals surface area contributed by atoms with E-state index >= 15 is 0 Å². The highest BCUT2D eigenvalue weighted by Gasteiger charge is 2.35. The van der Waals surface area contributed by atoms with Crippen LogP contribution in [0.4, 0.5) is 5.69 Å². The molecule has 0 radical (unpaired) electrons. The number of amides is 2. The van der Waals surface area contributed by atoms with E-state index < -0.39 is 34.1 Å². The lowest BCUT2D eigenvalue weighted by Crippen LogP contribution is -2.55. The second kappa shape index (κ2) is 13.3. The highest BCUT2D eigenvalue weighted by atomic mass is 35.5. The van der Waals surface area contributed by atoms with Gasteiger partial charge >= 0.3 is 0 Å². The molecular formula is C31H37Cl2N3O4S. The Kier molecular flexibility index (Phi) is 10.5. The summed E-state index contributed by atoms with van der Waals surface area (Å²) in [5.74, 6) is -0.852. The van der Waals surface area contributed by atoms with E-state index in [0.29, 0.717) is 6.42 Å². The van der Waals surface area contributed by atoms with E-state index in [2.05, 4.69) is 5.32 Å². The largest absolute Gasteiger partial charge is 0.350 e. The number of carbonyl (C=O) groups is 2. The standard InChI is InChI=1S/C31H37Cl2N3O4S/c1-7-28(30(38)34-31(4,5)6)35(19-23-11-9-8-10-22(23)3)29(37)20-36(24-14-17-26(32)27(33)18-24)41(39,40)25-15-12-21(2)13-16-25/h8-18,28H,7,19-20H2,1-6H3,(H,34,38). The first-order valence-electron chi connectivity index (χ1n) is 13.3. The number of hydrogen-bond donors (Lipinski definition) is 1. The molecule has 0 spiro atoms. The highest BCUT2D eigenvalue weighted by molar-refractivity contribution is 7.92. The van der Waals surface area contributed by atoms with Crippen molar-refractivity contribution in [2.75, 3.05) is 10.8 Å². The maximum Gasteiger partial charge on any atom is 0.264 e. The first-order chi connectivity index (χ1) is 19.1. The summed E-state index contributed by atoms with van der Waals surface area (Å²) in [6, 6.07) is 17.5. The summed E-state index contributed by atoms with van der Waals surface area (Å²) in [5, 5.41) is 3.37. The van der Waals surface area contributed by atoms with Crippen molar-refractivity contribution in [3.05, 3.63) is 93.5 Å². The zero-order chi connectivity index (χ0) is 30.5. The van der Waals surface area contributed by atoms with E-state index in [1.807, 2.05) is 65.8 Å². The molecule has 220 valence electrons. The minimum Gasteiger partial charge on any atom is -0.350 e. The van der Waals surface area contributed by atoms with E-state index in [-0.39, 0.29) is 33.1 Å². The molecule has 2 amide bonds. The van der Waals surface area contributed by atoms with Crippen molar-refractivity contribution in [2.45, 2.75) is 71.0 Å². The average Bonchev–Trinajstić information content (AvgIpc) is 2.89. The number of sulfonamides is 1. The Hall–Kier alpha value is -3.07. The van der Waals surface area contributed by atoms with Gasteiger partial charge in [-0.15, -0.1) is 0 Å². The van der Waals surface area contributed by atoms with E-state index in [4.69, 9.17) is 23.2 Å². The van der Waals surface area contributed by atoms with Crippen LogP contribution in [0.25, 0.3) is 0 Å². The van der Waals surface area contributed by atoms with Crippen molar-refractivity contribution in [3.63, 3.8) is 0 Å². The van der Waals surface area contributed by atoms with Gasteiger partial charge in [-0.05, 0) is 82.5 Å². The van der Waals surface area contributed by atoms with E-state index in [1.54, 1.807) is 12.1 Å². The number of rotatable bonds is 10. The Morgan fingerprint density at radius 2 is 1.56 bits per heavy atom. The summed E-state index contributed by atoms with van der Waals surface area (Å²) in [5.41, 5.74) is 2.34. The monoisotopic (exact) mass is 617 g/mol. The summed E-state index contributed by atoms with van der Waals surface area (Å²) in [6.45, 7) is 10.8. The van der Waals surface area contributed by atoms with Crippen LogP contribution in [0, 0.1) is 13.8 Å². The van der Waals surface area contributed by atoms with E-state index in [0.717, 1.165) is 21.0 Å². The molecule has 0 aliphatic heterocycles. The lowest BCUT2D eigenvalue weighted by molar-refractivity contribution is -0.141. The number of hydrogen-bond acceptors (Lipinski definition) is 4. The van der Waals surface area contributed by atoms with Crippen LogP contribution in [-0.4, -0.2) is 43.3 Å². The first-order valence-corrected chi connectivity index (χ1v) is 15.5. The zero-order valence-corrected chi connectivity index (χ0v) is 26.6. The molecule has 1 N–H and O–H groups in total. The molecule has 0 aliphatic rings. The van der Waals surface area contributed by atoms with Gasteiger partial charge in [-0.25, -0.2) is 8.42 Å². The minimum atomic E-state index is -4.21. The average molecular weight is 619 g/mol. The summed E-state index contributed by atoms with van der Waals surface area (Å²) in [6.07, 6.45) is 0.330. The van der Waals surface area contributed by atoms with Gasteiger partial charge in [0.2, 0.25) is 11.8 Å². The lowest BCUT2D eigenvalue weighted by Gasteiger charge is -2.35. The number of benzene rings is 3. The zero-order valence-electron chi connectivity index (χ0n) is 24.2. The number of aryl methyl sites for hydroxylation is 2. The summed E-state index contributed by atoms with van der Waals surface area (Å²) < 4.78 is 29.0. The predicted molar refractivity (Wildman–Crippen MR) is 166 cm³/mol. The second-order valence-electron chi connectivity index (χ2n) is 11.0. The Bertz CT molecular complexity index is 1500. The normalized spacial score (nSPS) is 12.5. The van der Waals surface area contributed by atoms with Crippen LogP contribution in [0.3, 0.4) is 0 Å². The summed E-state index contributed by atoms with van der Waals surface area (Å²) in [7, 11) is -4.21. The topological polar surface area (TPSA) is 86.8 Å². The van der Waals surface area contributed by atoms with Gasteiger partial charge in [-0.2, -0.15) is 0 Å². The van der Waals surface area contributed by atoms with Gasteiger partial charge < -0.3 is 10.2 Å². The number of nitrogens with zero attached hydrogens (tertiary/aromatic N) is 2. The number of halogens is 2. The number of nitrogens with one attached hydrogen (secondary N) is 1. The third kappa shape index (κ3) is 8.24. The Morgan fingerprint density at radius 3 is 2.12 bits per heavy atom. The molecule has 0 fully saturated rings. The third-order valence-electron chi connectivity index (χ3n) is 6.57. The maximum absolute atomic E-state index is 14.2. The van der Waals surface area contributed by atoms with Gasteiger partial charge in [-0.3, -0.25) is 13.9 Å². The van der Waals surface area contributed by atoms with Crippen LogP contribution in [-0.2, 0) is 26.2 Å². The summed E-state index contributed by atoms with van der Waals surface area (Å²) in [4.78, 5) is 29.1. The fourth-order valence-electron chi connectivity index (χ4n) is 4.35. The molecule has 0 bridgehead atoms. The Balaban J connectivity index is 2.11. The van der Waals surface area contributed by atoms with Crippen LogP contribution in [0.2, 0.25) is 10.0 Å². The molecule has 1 atom stereocenters. The fourth-order valence-corrected chi connectivity index (χ4v) is 6.05. The van der Waals surface area contributed by atoms with Crippen molar-refractivity contribution in [1.29, 1.82) is 0 Å². The first kappa shape index (κ1) is 32.4. The van der Waals surface area contributed by atoms with E-state index in [9.17, 15) is 18.0 Å². The van der Waals surface area contributed by atoms with Gasteiger partial charge in [-0.1, -0.05) is 72.1 Å². The smallest absolute Gasteiger partial charge is 0.264 e. The number of anilines is 1. The Labute approximate surface area is 253 Å². The van der Waals surface area contributed by atoms with Crippen LogP contribution in [0.1, 0.15) is 50.8 Å². The number of carbonyl (C=O) groups excluding carboxylic acids is 2. The van der Waals surface area contributed by atoms with Gasteiger partial charge in [0, 0.05) is 12.1 Å². The molecule has 10 heteroatoms. The third-order valence-corrected chi connectivity index (χ3v) is 9.09. The molecule has 0 saturated heterocycles. The van der Waals surface area contributed by atoms with E-state index in [1.165, 1.54) is 35.2 Å². The predicted octanol–water partition coefficient (Wildman–Crippen LogP) is 6.53. The molecular weight excluding hydrogens is 581 g/mol. The molecule has 3 aromatic carbocycles. The molecule has 7 nitrogen and oxygen atoms in total. The second-order valence-corrected chi connectivity index (χ2v) is 13.7. The molecule has 1 unspecified atom stereocenters.